The molecule has 0 unspecified atom stereocenters. The second kappa shape index (κ2) is 11.4. The summed E-state index contributed by atoms with van der Waals surface area (Å²) in [5.41, 5.74) is 4.70. The van der Waals surface area contributed by atoms with Crippen LogP contribution >= 0.6 is 0 Å². The van der Waals surface area contributed by atoms with E-state index in [0.717, 1.165) is 32.7 Å². The first kappa shape index (κ1) is 29.3. The van der Waals surface area contributed by atoms with Crippen molar-refractivity contribution in [1.29, 1.82) is 0 Å². The third-order valence-electron chi connectivity index (χ3n) is 8.57. The van der Waals surface area contributed by atoms with Crippen LogP contribution in [0.4, 0.5) is 0 Å². The van der Waals surface area contributed by atoms with Crippen LogP contribution in [0, 0.1) is 0 Å². The molecule has 2 aliphatic heterocycles. The van der Waals surface area contributed by atoms with Crippen LogP contribution in [0.15, 0.2) is 95.9 Å². The predicted octanol–water partition coefficient (Wildman–Crippen LogP) is 6.18. The van der Waals surface area contributed by atoms with Crippen molar-refractivity contribution in [3.8, 4) is 45.6 Å². The molecule has 5 heterocycles. The molecule has 0 aliphatic carbocycles. The summed E-state index contributed by atoms with van der Waals surface area (Å²) in [5, 5.41) is 3.28. The molecule has 3 N–H and O–H groups in total. The Bertz CT molecular complexity index is 2750. The van der Waals surface area contributed by atoms with Crippen molar-refractivity contribution in [1.82, 2.24) is 44.6 Å². The van der Waals surface area contributed by atoms with Crippen LogP contribution in [0.25, 0.3) is 89.7 Å². The number of aromatic amines is 2. The number of sulfonamides is 1. The number of ether oxygens (including phenoxy) is 1. The topological polar surface area (TPSA) is 164 Å². The second-order valence-electron chi connectivity index (χ2n) is 11.5. The van der Waals surface area contributed by atoms with Crippen LogP contribution in [0.5, 0.6) is 0 Å². The number of benzene rings is 4. The molecule has 3 aromatic heterocycles. The maximum Gasteiger partial charge on any atom is 0.241 e. The Morgan fingerprint density at radius 1 is 0.571 bits per heavy atom. The number of hydrogen-bond donors (Lipinski definition) is 3. The van der Waals surface area contributed by atoms with Gasteiger partial charge in [0.1, 0.15) is 22.6 Å². The van der Waals surface area contributed by atoms with Crippen molar-refractivity contribution in [2.45, 2.75) is 11.8 Å². The molecule has 8 bridgehead atoms. The minimum absolute atomic E-state index is 0.0413. The van der Waals surface area contributed by atoms with Gasteiger partial charge >= 0.3 is 0 Å². The van der Waals surface area contributed by atoms with Gasteiger partial charge in [0.15, 0.2) is 23.3 Å². The largest absolute Gasteiger partial charge is 0.380 e. The van der Waals surface area contributed by atoms with Gasteiger partial charge in [0, 0.05) is 51.4 Å². The highest BCUT2D eigenvalue weighted by Gasteiger charge is 2.29. The number of nitrogens with zero attached hydrogens (tertiary/aromatic N) is 6. The van der Waals surface area contributed by atoms with Gasteiger partial charge in [-0.1, -0.05) is 84.9 Å². The molecule has 0 spiro atoms. The zero-order valence-electron chi connectivity index (χ0n) is 26.1. The number of fused-ring (bicyclic) bond motifs is 20. The van der Waals surface area contributed by atoms with E-state index < -0.39 is 10.0 Å². The molecule has 4 aromatic carbocycles. The predicted molar refractivity (Wildman–Crippen MR) is 188 cm³/mol. The Kier molecular flexibility index (Phi) is 6.79. The third-order valence-corrected chi connectivity index (χ3v) is 10.1. The molecule has 12 nitrogen and oxygen atoms in total. The molecule has 0 saturated heterocycles. The maximum absolute atomic E-state index is 13.8. The van der Waals surface area contributed by atoms with E-state index in [-0.39, 0.29) is 23.9 Å². The van der Waals surface area contributed by atoms with Crippen molar-refractivity contribution in [3.63, 3.8) is 0 Å². The number of H-pyrrole nitrogens is 2. The lowest BCUT2D eigenvalue weighted by atomic mass is 10.1. The monoisotopic (exact) mass is 665 g/mol. The van der Waals surface area contributed by atoms with E-state index in [1.807, 2.05) is 79.7 Å². The Morgan fingerprint density at radius 2 is 1.02 bits per heavy atom. The summed E-state index contributed by atoms with van der Waals surface area (Å²) in [6, 6.07) is 28.4. The molecule has 0 saturated carbocycles. The molecule has 9 rings (SSSR count). The van der Waals surface area contributed by atoms with Crippen LogP contribution in [0.3, 0.4) is 0 Å². The first-order valence-electron chi connectivity index (χ1n) is 15.8. The molecular weight excluding hydrogens is 639 g/mol. The first-order chi connectivity index (χ1) is 24.0. The Hall–Kier alpha value is -5.89. The fourth-order valence-electron chi connectivity index (χ4n) is 6.35. The van der Waals surface area contributed by atoms with E-state index in [4.69, 9.17) is 34.6 Å². The Labute approximate surface area is 279 Å². The van der Waals surface area contributed by atoms with Crippen LogP contribution < -0.4 is 4.72 Å². The molecule has 0 atom stereocenters. The van der Waals surface area contributed by atoms with E-state index >= 15 is 0 Å². The second-order valence-corrected chi connectivity index (χ2v) is 13.3. The lowest BCUT2D eigenvalue weighted by molar-refractivity contribution is 0.153. The minimum atomic E-state index is -3.99. The van der Waals surface area contributed by atoms with Crippen molar-refractivity contribution >= 4 is 54.2 Å². The highest BCUT2D eigenvalue weighted by molar-refractivity contribution is 7.89. The summed E-state index contributed by atoms with van der Waals surface area (Å²) in [6.45, 7) is 2.70. The SMILES string of the molecule is CCOCCNS(=O)(=O)c1cccc2c1-c1nc-2nc2[nH]c(nc3nc(nc4[nH]c(n1)c1ccccc41)-c1ccccc1-3)c1ccccc21. The van der Waals surface area contributed by atoms with Gasteiger partial charge < -0.3 is 14.7 Å². The van der Waals surface area contributed by atoms with Crippen LogP contribution in [-0.2, 0) is 14.8 Å². The average molecular weight is 666 g/mol. The molecule has 0 fully saturated rings. The molecule has 0 radical (unpaired) electrons. The maximum atomic E-state index is 13.8. The highest BCUT2D eigenvalue weighted by atomic mass is 32.2. The summed E-state index contributed by atoms with van der Waals surface area (Å²) in [7, 11) is -3.99. The standard InChI is InChI=1S/C36H27N9O3S/c1-2-48-19-18-37-49(46,47)27-17-9-16-26-28(27)36-44-34-25-15-8-7-14-24(25)32(42-34)40-30-21-11-4-3-10-20(21)29(38-30)39-31-22-12-5-6-13-23(22)33(41-31)43-35(26)45-36/h3-17,37H,2,18-19H2,1H3,(H2,38,39,40,41,42,43,44,45). The van der Waals surface area contributed by atoms with E-state index in [1.165, 1.54) is 0 Å². The van der Waals surface area contributed by atoms with Crippen molar-refractivity contribution in [2.24, 2.45) is 0 Å². The smallest absolute Gasteiger partial charge is 0.241 e. The van der Waals surface area contributed by atoms with Gasteiger partial charge in [-0.3, -0.25) is 0 Å². The van der Waals surface area contributed by atoms with Gasteiger partial charge in [0.05, 0.1) is 17.1 Å². The lowest BCUT2D eigenvalue weighted by Gasteiger charge is -2.10. The summed E-state index contributed by atoms with van der Waals surface area (Å²) in [6.07, 6.45) is 0. The molecule has 0 amide bonds. The summed E-state index contributed by atoms with van der Waals surface area (Å²) in [5.74, 6) is 1.54. The number of rotatable bonds is 6. The average Bonchev–Trinajstić information content (AvgIpc) is 3.86. The highest BCUT2D eigenvalue weighted by Crippen LogP contribution is 2.39. The third kappa shape index (κ3) is 4.86. The lowest BCUT2D eigenvalue weighted by Crippen LogP contribution is -2.28. The van der Waals surface area contributed by atoms with E-state index in [0.29, 0.717) is 57.8 Å². The minimum Gasteiger partial charge on any atom is -0.380 e. The molecule has 2 aliphatic rings. The zero-order chi connectivity index (χ0) is 33.1. The van der Waals surface area contributed by atoms with Gasteiger partial charge in [-0.15, -0.1) is 0 Å². The fourth-order valence-corrected chi connectivity index (χ4v) is 7.59. The Balaban J connectivity index is 1.41. The van der Waals surface area contributed by atoms with Crippen LogP contribution in [-0.4, -0.2) is 68.0 Å². The van der Waals surface area contributed by atoms with Crippen molar-refractivity contribution in [3.05, 3.63) is 91.0 Å². The van der Waals surface area contributed by atoms with Crippen molar-refractivity contribution < 1.29 is 13.2 Å². The van der Waals surface area contributed by atoms with Gasteiger partial charge in [-0.05, 0) is 13.0 Å². The van der Waals surface area contributed by atoms with E-state index in [2.05, 4.69) is 14.7 Å². The zero-order valence-corrected chi connectivity index (χ0v) is 26.9. The molecule has 240 valence electrons. The summed E-state index contributed by atoms with van der Waals surface area (Å²) < 4.78 is 35.5. The quantitative estimate of drug-likeness (QED) is 0.176. The molecular formula is C36H27N9O3S. The van der Waals surface area contributed by atoms with Gasteiger partial charge in [-0.25, -0.2) is 43.0 Å². The van der Waals surface area contributed by atoms with Crippen LogP contribution in [0.1, 0.15) is 6.92 Å². The molecule has 49 heavy (non-hydrogen) atoms. The van der Waals surface area contributed by atoms with Crippen molar-refractivity contribution in [2.75, 3.05) is 19.8 Å². The van der Waals surface area contributed by atoms with E-state index in [1.54, 1.807) is 18.2 Å². The normalized spacial score (nSPS) is 12.3. The summed E-state index contributed by atoms with van der Waals surface area (Å²) in [4.78, 5) is 36.6. The fraction of sp³-hybridized carbons (Fsp3) is 0.111. The van der Waals surface area contributed by atoms with Crippen LogP contribution in [0.2, 0.25) is 0 Å². The number of aromatic nitrogens is 8. The number of hydrogen-bond acceptors (Lipinski definition) is 9. The Morgan fingerprint density at radius 3 is 1.55 bits per heavy atom. The number of nitrogens with one attached hydrogen (secondary N) is 3. The van der Waals surface area contributed by atoms with E-state index in [9.17, 15) is 8.42 Å². The van der Waals surface area contributed by atoms with Gasteiger partial charge in [0.2, 0.25) is 10.0 Å². The van der Waals surface area contributed by atoms with Gasteiger partial charge in [0.25, 0.3) is 0 Å². The molecule has 7 aromatic rings. The molecule has 13 heteroatoms. The first-order valence-corrected chi connectivity index (χ1v) is 17.3. The summed E-state index contributed by atoms with van der Waals surface area (Å²) >= 11 is 0. The van der Waals surface area contributed by atoms with Gasteiger partial charge in [-0.2, -0.15) is 0 Å².